The van der Waals surface area contributed by atoms with E-state index in [4.69, 9.17) is 4.74 Å². The summed E-state index contributed by atoms with van der Waals surface area (Å²) in [5.41, 5.74) is 1.73. The van der Waals surface area contributed by atoms with Crippen molar-refractivity contribution in [3.8, 4) is 6.07 Å². The Morgan fingerprint density at radius 2 is 1.95 bits per heavy atom. The summed E-state index contributed by atoms with van der Waals surface area (Å²) in [7, 11) is 0. The number of carbonyl (C=O) groups is 1. The number of anilines is 2. The largest absolute Gasteiger partial charge is 0.463 e. The van der Waals surface area contributed by atoms with Gasteiger partial charge in [-0.15, -0.1) is 0 Å². The smallest absolute Gasteiger partial charge is 0.416 e. The quantitative estimate of drug-likeness (QED) is 0.348. The van der Waals surface area contributed by atoms with Crippen LogP contribution in [0.1, 0.15) is 36.6 Å². The van der Waals surface area contributed by atoms with E-state index < -0.39 is 23.8 Å². The van der Waals surface area contributed by atoms with Crippen LogP contribution in [0.2, 0.25) is 0 Å². The number of hydrogen-bond donors (Lipinski definition) is 0. The Balaban J connectivity index is 1.83. The normalized spacial score (nSPS) is 15.5. The molecular weight excluding hydrogens is 485 g/mol. The van der Waals surface area contributed by atoms with E-state index in [-0.39, 0.29) is 23.8 Å². The van der Waals surface area contributed by atoms with Crippen molar-refractivity contribution < 1.29 is 22.7 Å². The number of imidazole rings is 1. The Morgan fingerprint density at radius 1 is 1.19 bits per heavy atom. The van der Waals surface area contributed by atoms with Gasteiger partial charge >= 0.3 is 12.1 Å². The average Bonchev–Trinajstić information content (AvgIpc) is 3.26. The highest BCUT2D eigenvalue weighted by atomic mass is 19.4. The highest BCUT2D eigenvalue weighted by molar-refractivity contribution is 5.95. The fourth-order valence-corrected chi connectivity index (χ4v) is 4.48. The Morgan fingerprint density at radius 3 is 2.62 bits per heavy atom. The van der Waals surface area contributed by atoms with Gasteiger partial charge in [-0.25, -0.2) is 19.7 Å². The van der Waals surface area contributed by atoms with Gasteiger partial charge < -0.3 is 4.74 Å². The highest BCUT2D eigenvalue weighted by Crippen LogP contribution is 2.45. The third-order valence-electron chi connectivity index (χ3n) is 6.08. The number of carbonyl (C=O) groups excluding carboxylic acids is 1. The van der Waals surface area contributed by atoms with E-state index in [1.54, 1.807) is 42.7 Å². The number of benzene rings is 2. The highest BCUT2D eigenvalue weighted by Gasteiger charge is 2.40. The molecule has 2 aromatic heterocycles. The second-order valence-electron chi connectivity index (χ2n) is 8.25. The van der Waals surface area contributed by atoms with Crippen LogP contribution in [0.3, 0.4) is 0 Å². The summed E-state index contributed by atoms with van der Waals surface area (Å²) in [6.45, 7) is 3.40. The van der Waals surface area contributed by atoms with Gasteiger partial charge in [-0.05, 0) is 49.7 Å². The number of ether oxygens (including phenoxy) is 1. The minimum Gasteiger partial charge on any atom is -0.463 e. The predicted molar refractivity (Wildman–Crippen MR) is 128 cm³/mol. The number of hydrogen-bond acceptors (Lipinski definition) is 7. The van der Waals surface area contributed by atoms with Crippen molar-refractivity contribution in [2.45, 2.75) is 26.1 Å². The first-order valence-corrected chi connectivity index (χ1v) is 11.3. The zero-order chi connectivity index (χ0) is 26.3. The van der Waals surface area contributed by atoms with Gasteiger partial charge in [-0.2, -0.15) is 18.4 Å². The Kier molecular flexibility index (Phi) is 5.87. The molecule has 1 unspecified atom stereocenters. The summed E-state index contributed by atoms with van der Waals surface area (Å²) >= 11 is 0. The van der Waals surface area contributed by atoms with Crippen molar-refractivity contribution in [3.63, 3.8) is 0 Å². The summed E-state index contributed by atoms with van der Waals surface area (Å²) in [6.07, 6.45) is -1.74. The molecule has 37 heavy (non-hydrogen) atoms. The molecule has 0 spiro atoms. The van der Waals surface area contributed by atoms with Crippen molar-refractivity contribution in [1.82, 2.24) is 19.5 Å². The molecule has 0 fully saturated rings. The van der Waals surface area contributed by atoms with Crippen LogP contribution in [0.5, 0.6) is 0 Å². The summed E-state index contributed by atoms with van der Waals surface area (Å²) in [5.74, 6) is -0.373. The van der Waals surface area contributed by atoms with Crippen LogP contribution in [-0.2, 0) is 15.7 Å². The number of allylic oxidation sites excluding steroid dienone is 1. The van der Waals surface area contributed by atoms with E-state index in [2.05, 4.69) is 21.0 Å². The van der Waals surface area contributed by atoms with Gasteiger partial charge in [0.25, 0.3) is 0 Å². The Bertz CT molecular complexity index is 1580. The summed E-state index contributed by atoms with van der Waals surface area (Å²) in [4.78, 5) is 27.9. The topological polar surface area (TPSA) is 96.9 Å². The summed E-state index contributed by atoms with van der Waals surface area (Å²) in [5, 5.41) is 9.25. The second kappa shape index (κ2) is 9.05. The fourth-order valence-electron chi connectivity index (χ4n) is 4.48. The zero-order valence-corrected chi connectivity index (χ0v) is 19.7. The molecular formula is C26H19F3N6O2. The van der Waals surface area contributed by atoms with Gasteiger partial charge in [0.15, 0.2) is 5.65 Å². The van der Waals surface area contributed by atoms with E-state index >= 15 is 0 Å². The van der Waals surface area contributed by atoms with E-state index in [0.29, 0.717) is 28.0 Å². The van der Waals surface area contributed by atoms with E-state index in [1.807, 2.05) is 0 Å². The molecule has 0 amide bonds. The van der Waals surface area contributed by atoms with Crippen LogP contribution >= 0.6 is 0 Å². The van der Waals surface area contributed by atoms with Gasteiger partial charge in [0, 0.05) is 11.4 Å². The van der Waals surface area contributed by atoms with Crippen LogP contribution in [0, 0.1) is 11.3 Å². The number of alkyl halides is 3. The minimum atomic E-state index is -4.57. The van der Waals surface area contributed by atoms with E-state index in [9.17, 15) is 23.2 Å². The van der Waals surface area contributed by atoms with Crippen LogP contribution < -0.4 is 4.90 Å². The number of halogens is 3. The lowest BCUT2D eigenvalue weighted by molar-refractivity contribution is -0.139. The molecule has 0 saturated heterocycles. The number of aromatic nitrogens is 4. The molecule has 0 aliphatic carbocycles. The van der Waals surface area contributed by atoms with Crippen molar-refractivity contribution in [2.75, 3.05) is 11.5 Å². The molecule has 0 radical (unpaired) electrons. The van der Waals surface area contributed by atoms with Crippen molar-refractivity contribution >= 4 is 28.8 Å². The third kappa shape index (κ3) is 4.06. The SMILES string of the molecule is CCOC(=O)C1=C(C)N(c2cccc(C(F)(F)F)c2)c2nc3cncnc3n2C1c1ccc(C#N)cc1. The van der Waals surface area contributed by atoms with Crippen molar-refractivity contribution in [1.29, 1.82) is 5.26 Å². The fraction of sp³-hybridized carbons (Fsp3) is 0.192. The molecule has 11 heteroatoms. The van der Waals surface area contributed by atoms with Gasteiger partial charge in [0.05, 0.1) is 41.6 Å². The first kappa shape index (κ1) is 24.0. The molecule has 0 bridgehead atoms. The number of nitrogens with zero attached hydrogens (tertiary/aromatic N) is 6. The van der Waals surface area contributed by atoms with Gasteiger partial charge in [0.2, 0.25) is 5.95 Å². The van der Waals surface area contributed by atoms with Crippen molar-refractivity contribution in [3.05, 3.63) is 89.0 Å². The molecule has 4 aromatic rings. The molecule has 8 nitrogen and oxygen atoms in total. The lowest BCUT2D eigenvalue weighted by Gasteiger charge is -2.36. The number of fused-ring (bicyclic) bond motifs is 3. The molecule has 3 heterocycles. The third-order valence-corrected chi connectivity index (χ3v) is 6.08. The Labute approximate surface area is 209 Å². The first-order valence-electron chi connectivity index (χ1n) is 11.3. The van der Waals surface area contributed by atoms with E-state index in [1.165, 1.54) is 29.6 Å². The molecule has 5 rings (SSSR count). The summed E-state index contributed by atoms with van der Waals surface area (Å²) < 4.78 is 47.8. The molecule has 186 valence electrons. The first-order chi connectivity index (χ1) is 17.7. The second-order valence-corrected chi connectivity index (χ2v) is 8.25. The molecule has 2 aromatic carbocycles. The summed E-state index contributed by atoms with van der Waals surface area (Å²) in [6, 6.07) is 12.8. The van der Waals surface area contributed by atoms with Gasteiger partial charge in [-0.3, -0.25) is 9.47 Å². The zero-order valence-electron chi connectivity index (χ0n) is 19.7. The lowest BCUT2D eigenvalue weighted by Crippen LogP contribution is -2.34. The predicted octanol–water partition coefficient (Wildman–Crippen LogP) is 5.29. The van der Waals surface area contributed by atoms with Gasteiger partial charge in [-0.1, -0.05) is 18.2 Å². The number of esters is 1. The monoisotopic (exact) mass is 504 g/mol. The van der Waals surface area contributed by atoms with Gasteiger partial charge in [0.1, 0.15) is 11.8 Å². The molecule has 1 aliphatic rings. The van der Waals surface area contributed by atoms with Crippen molar-refractivity contribution in [2.24, 2.45) is 0 Å². The van der Waals surface area contributed by atoms with Crippen LogP contribution in [0.25, 0.3) is 11.2 Å². The molecule has 0 saturated carbocycles. The van der Waals surface area contributed by atoms with Crippen LogP contribution in [0.15, 0.2) is 72.3 Å². The van der Waals surface area contributed by atoms with Crippen LogP contribution in [-0.4, -0.2) is 32.1 Å². The minimum absolute atomic E-state index is 0.0962. The molecule has 1 atom stereocenters. The Hall–Kier alpha value is -4.72. The standard InChI is InChI=1S/C26H19F3N6O2/c1-3-37-24(36)21-15(2)34(19-6-4-5-18(11-19)26(27,28)29)25-33-20-13-31-14-32-23(20)35(25)22(21)17-9-7-16(12-30)8-10-17/h4-11,13-14,22H,3H2,1-2H3. The number of rotatable bonds is 4. The maximum Gasteiger partial charge on any atom is 0.416 e. The maximum atomic E-state index is 13.6. The maximum absolute atomic E-state index is 13.6. The molecule has 1 aliphatic heterocycles. The van der Waals surface area contributed by atoms with Crippen LogP contribution in [0.4, 0.5) is 24.8 Å². The average molecular weight is 504 g/mol. The molecule has 0 N–H and O–H groups in total. The lowest BCUT2D eigenvalue weighted by atomic mass is 9.93. The van der Waals surface area contributed by atoms with E-state index in [0.717, 1.165) is 12.1 Å². The number of nitriles is 1.